The zero-order chi connectivity index (χ0) is 11.9. The van der Waals surface area contributed by atoms with Crippen molar-refractivity contribution < 1.29 is 4.21 Å². The number of rotatable bonds is 1. The quantitative estimate of drug-likeness (QED) is 0.732. The van der Waals surface area contributed by atoms with E-state index in [-0.39, 0.29) is 10.7 Å². The molecule has 16 heavy (non-hydrogen) atoms. The maximum absolute atomic E-state index is 11.6. The van der Waals surface area contributed by atoms with Crippen molar-refractivity contribution in [2.75, 3.05) is 6.26 Å². The van der Waals surface area contributed by atoms with Crippen LogP contribution in [0.2, 0.25) is 0 Å². The highest BCUT2D eigenvalue weighted by Crippen LogP contribution is 2.13. The number of hydrogen-bond donors (Lipinski definition) is 0. The molecule has 1 atom stereocenters. The fourth-order valence-corrected chi connectivity index (χ4v) is 2.26. The molecule has 0 aliphatic rings. The van der Waals surface area contributed by atoms with Crippen molar-refractivity contribution in [2.24, 2.45) is 7.05 Å². The average Bonchev–Trinajstić information content (AvgIpc) is 2.25. The van der Waals surface area contributed by atoms with E-state index >= 15 is 0 Å². The molecule has 0 bridgehead atoms. The van der Waals surface area contributed by atoms with Crippen molar-refractivity contribution >= 4 is 37.8 Å². The van der Waals surface area contributed by atoms with Gasteiger partial charge in [0.25, 0.3) is 5.56 Å². The first-order valence-electron chi connectivity index (χ1n) is 4.36. The lowest BCUT2D eigenvalue weighted by Crippen LogP contribution is -2.18. The molecular weight excluding hydrogens is 294 g/mol. The number of halogens is 1. The van der Waals surface area contributed by atoms with Gasteiger partial charge >= 0.3 is 0 Å². The second-order valence-corrected chi connectivity index (χ2v) is 5.37. The molecule has 0 aromatic carbocycles. The molecule has 0 aliphatic heterocycles. The summed E-state index contributed by atoms with van der Waals surface area (Å²) in [5.74, 6) is 0. The Labute approximate surface area is 102 Å². The van der Waals surface area contributed by atoms with Gasteiger partial charge in [-0.25, -0.2) is 9.97 Å². The maximum atomic E-state index is 11.6. The largest absolute Gasteiger partial charge is 0.295 e. The number of aryl methyl sites for hydroxylation is 1. The van der Waals surface area contributed by atoms with Crippen LogP contribution in [0.4, 0.5) is 0 Å². The van der Waals surface area contributed by atoms with Gasteiger partial charge in [0.1, 0.15) is 5.65 Å². The van der Waals surface area contributed by atoms with E-state index in [0.29, 0.717) is 10.1 Å². The van der Waals surface area contributed by atoms with Gasteiger partial charge in [-0.2, -0.15) is 0 Å². The third-order valence-electron chi connectivity index (χ3n) is 2.14. The summed E-state index contributed by atoms with van der Waals surface area (Å²) in [6.45, 7) is 0. The summed E-state index contributed by atoms with van der Waals surface area (Å²) >= 11 is 3.17. The van der Waals surface area contributed by atoms with Gasteiger partial charge in [-0.05, 0) is 22.0 Å². The zero-order valence-corrected chi connectivity index (χ0v) is 11.0. The van der Waals surface area contributed by atoms with Crippen molar-refractivity contribution in [1.82, 2.24) is 14.5 Å². The van der Waals surface area contributed by atoms with Gasteiger partial charge in [-0.3, -0.25) is 13.6 Å². The predicted octanol–water partition coefficient (Wildman–Crippen LogP) is 0.828. The fourth-order valence-electron chi connectivity index (χ4n) is 1.33. The number of fused-ring (bicyclic) bond motifs is 1. The van der Waals surface area contributed by atoms with Gasteiger partial charge in [-0.15, -0.1) is 0 Å². The molecule has 84 valence electrons. The molecule has 0 amide bonds. The van der Waals surface area contributed by atoms with Crippen LogP contribution in [-0.4, -0.2) is 25.0 Å². The number of pyridine rings is 1. The summed E-state index contributed by atoms with van der Waals surface area (Å²) < 4.78 is 13.1. The highest BCUT2D eigenvalue weighted by atomic mass is 79.9. The lowest BCUT2D eigenvalue weighted by molar-refractivity contribution is 0.679. The van der Waals surface area contributed by atoms with Gasteiger partial charge in [0.15, 0.2) is 0 Å². The van der Waals surface area contributed by atoms with Crippen LogP contribution in [0.5, 0.6) is 0 Å². The van der Waals surface area contributed by atoms with Crippen LogP contribution in [0.3, 0.4) is 0 Å². The molecule has 0 aliphatic carbocycles. The summed E-state index contributed by atoms with van der Waals surface area (Å²) in [5, 5.41) is 0.952. The highest BCUT2D eigenvalue weighted by Gasteiger charge is 2.08. The van der Waals surface area contributed by atoms with Crippen molar-refractivity contribution in [3.8, 4) is 0 Å². The Morgan fingerprint density at radius 2 is 2.19 bits per heavy atom. The van der Waals surface area contributed by atoms with E-state index < -0.39 is 10.8 Å². The first kappa shape index (κ1) is 11.4. The predicted molar refractivity (Wildman–Crippen MR) is 64.8 cm³/mol. The Morgan fingerprint density at radius 1 is 1.50 bits per heavy atom. The van der Waals surface area contributed by atoms with Gasteiger partial charge in [-0.1, -0.05) is 0 Å². The second-order valence-electron chi connectivity index (χ2n) is 3.24. The second kappa shape index (κ2) is 4.06. The third-order valence-corrected chi connectivity index (χ3v) is 3.42. The SMILES string of the molecule is Cn1c(=O)c(Br)cc2cnc(S(C)=O)nc21. The summed E-state index contributed by atoms with van der Waals surface area (Å²) in [7, 11) is 0.361. The Morgan fingerprint density at radius 3 is 2.81 bits per heavy atom. The molecule has 5 nitrogen and oxygen atoms in total. The van der Waals surface area contributed by atoms with Crippen molar-refractivity contribution in [2.45, 2.75) is 5.16 Å². The van der Waals surface area contributed by atoms with E-state index in [4.69, 9.17) is 0 Å². The lowest BCUT2D eigenvalue weighted by atomic mass is 10.3. The fraction of sp³-hybridized carbons (Fsp3) is 0.222. The smallest absolute Gasteiger partial charge is 0.266 e. The van der Waals surface area contributed by atoms with Crippen LogP contribution >= 0.6 is 15.9 Å². The van der Waals surface area contributed by atoms with E-state index in [1.165, 1.54) is 10.8 Å². The summed E-state index contributed by atoms with van der Waals surface area (Å²) in [5.41, 5.74) is 0.299. The molecule has 0 fully saturated rings. The molecule has 1 unspecified atom stereocenters. The van der Waals surface area contributed by atoms with E-state index in [9.17, 15) is 9.00 Å². The molecule has 0 N–H and O–H groups in total. The van der Waals surface area contributed by atoms with Crippen molar-refractivity contribution in [1.29, 1.82) is 0 Å². The van der Waals surface area contributed by atoms with Crippen LogP contribution < -0.4 is 5.56 Å². The van der Waals surface area contributed by atoms with Crippen molar-refractivity contribution in [3.05, 3.63) is 27.1 Å². The van der Waals surface area contributed by atoms with Crippen LogP contribution in [-0.2, 0) is 17.8 Å². The first-order valence-corrected chi connectivity index (χ1v) is 6.71. The molecule has 0 spiro atoms. The molecule has 2 rings (SSSR count). The minimum atomic E-state index is -1.25. The Balaban J connectivity index is 2.88. The van der Waals surface area contributed by atoms with Gasteiger partial charge in [0.05, 0.1) is 15.3 Å². The minimum absolute atomic E-state index is 0.181. The zero-order valence-electron chi connectivity index (χ0n) is 8.60. The Bertz CT molecular complexity index is 653. The number of nitrogens with zero attached hydrogens (tertiary/aromatic N) is 3. The average molecular weight is 302 g/mol. The molecule has 0 saturated carbocycles. The van der Waals surface area contributed by atoms with Crippen LogP contribution in [0.25, 0.3) is 11.0 Å². The lowest BCUT2D eigenvalue weighted by Gasteiger charge is -2.05. The van der Waals surface area contributed by atoms with Gasteiger partial charge in [0.2, 0.25) is 5.16 Å². The molecule has 0 radical (unpaired) electrons. The van der Waals surface area contributed by atoms with E-state index in [1.54, 1.807) is 19.3 Å². The molecule has 2 heterocycles. The van der Waals surface area contributed by atoms with Crippen LogP contribution in [0.1, 0.15) is 0 Å². The summed E-state index contributed by atoms with van der Waals surface area (Å²) in [4.78, 5) is 19.7. The number of hydrogen-bond acceptors (Lipinski definition) is 4. The minimum Gasteiger partial charge on any atom is -0.295 e. The van der Waals surface area contributed by atoms with Crippen LogP contribution in [0, 0.1) is 0 Å². The highest BCUT2D eigenvalue weighted by molar-refractivity contribution is 9.10. The normalized spacial score (nSPS) is 12.9. The van der Waals surface area contributed by atoms with E-state index in [0.717, 1.165) is 5.39 Å². The monoisotopic (exact) mass is 301 g/mol. The standard InChI is InChI=1S/C9H8BrN3O2S/c1-13-7-5(3-6(10)8(13)14)4-11-9(12-7)16(2)15/h3-4H,1-2H3. The Kier molecular flexibility index (Phi) is 2.90. The summed E-state index contributed by atoms with van der Waals surface area (Å²) in [6, 6.07) is 1.65. The molecule has 0 saturated heterocycles. The molecule has 7 heteroatoms. The van der Waals surface area contributed by atoms with Gasteiger partial charge in [0, 0.05) is 24.9 Å². The molecular formula is C9H8BrN3O2S. The topological polar surface area (TPSA) is 64.8 Å². The van der Waals surface area contributed by atoms with E-state index in [2.05, 4.69) is 25.9 Å². The third kappa shape index (κ3) is 1.80. The molecule has 2 aromatic heterocycles. The summed E-state index contributed by atoms with van der Waals surface area (Å²) in [6.07, 6.45) is 3.06. The van der Waals surface area contributed by atoms with E-state index in [1.807, 2.05) is 0 Å². The molecule has 2 aromatic rings. The van der Waals surface area contributed by atoms with Crippen LogP contribution in [0.15, 0.2) is 26.7 Å². The first-order chi connectivity index (χ1) is 7.50. The maximum Gasteiger partial charge on any atom is 0.266 e. The van der Waals surface area contributed by atoms with Gasteiger partial charge < -0.3 is 0 Å². The Hall–Kier alpha value is -1.08. The van der Waals surface area contributed by atoms with Crippen molar-refractivity contribution in [3.63, 3.8) is 0 Å². The number of aromatic nitrogens is 3.